The second-order valence-electron chi connectivity index (χ2n) is 5.82. The molecule has 5 nitrogen and oxygen atoms in total. The summed E-state index contributed by atoms with van der Waals surface area (Å²) in [7, 11) is 0. The van der Waals surface area contributed by atoms with E-state index in [9.17, 15) is 9.90 Å². The Bertz CT molecular complexity index is 459. The van der Waals surface area contributed by atoms with Gasteiger partial charge in [0.1, 0.15) is 0 Å². The van der Waals surface area contributed by atoms with Crippen LogP contribution in [0.5, 0.6) is 0 Å². The lowest BCUT2D eigenvalue weighted by atomic mass is 9.94. The fraction of sp³-hybridized carbons (Fsp3) is 0.533. The maximum atomic E-state index is 12.1. The zero-order chi connectivity index (χ0) is 14.8. The predicted molar refractivity (Wildman–Crippen MR) is 79.5 cm³/mol. The van der Waals surface area contributed by atoms with Crippen LogP contribution in [-0.4, -0.2) is 34.7 Å². The molecule has 0 aliphatic carbocycles. The molecule has 1 atom stereocenters. The highest BCUT2D eigenvalue weighted by Gasteiger charge is 2.29. The molecule has 1 saturated heterocycles. The third kappa shape index (κ3) is 3.71. The molecule has 4 N–H and O–H groups in total. The summed E-state index contributed by atoms with van der Waals surface area (Å²) < 4.78 is 0. The van der Waals surface area contributed by atoms with Crippen LogP contribution in [0.15, 0.2) is 24.3 Å². The normalized spacial score (nSPS) is 19.5. The maximum Gasteiger partial charge on any atom is 0.321 e. The second kappa shape index (κ2) is 5.81. The molecule has 5 heteroatoms. The minimum Gasteiger partial charge on any atom is -0.390 e. The average Bonchev–Trinajstić information content (AvgIpc) is 2.39. The quantitative estimate of drug-likeness (QED) is 0.774. The van der Waals surface area contributed by atoms with E-state index in [1.807, 2.05) is 38.1 Å². The third-order valence-corrected chi connectivity index (χ3v) is 3.82. The van der Waals surface area contributed by atoms with Gasteiger partial charge in [0.2, 0.25) is 0 Å². The highest BCUT2D eigenvalue weighted by atomic mass is 16.3. The van der Waals surface area contributed by atoms with Crippen molar-refractivity contribution in [2.75, 3.05) is 18.4 Å². The number of benzene rings is 1. The standard InChI is InChI=1S/C15H23N3O2/c1-11(16)12-3-5-13(6-4-12)17-14(19)18-9-7-15(2,20)8-10-18/h3-6,11,20H,7-10,16H2,1-2H3,(H,17,19). The van der Waals surface area contributed by atoms with Gasteiger partial charge in [-0.05, 0) is 44.4 Å². The van der Waals surface area contributed by atoms with Crippen LogP contribution in [0.25, 0.3) is 0 Å². The van der Waals surface area contributed by atoms with Gasteiger partial charge in [-0.25, -0.2) is 4.79 Å². The Labute approximate surface area is 119 Å². The van der Waals surface area contributed by atoms with Gasteiger partial charge in [-0.1, -0.05) is 12.1 Å². The Morgan fingerprint density at radius 3 is 2.40 bits per heavy atom. The van der Waals surface area contributed by atoms with Crippen LogP contribution in [0.2, 0.25) is 0 Å². The van der Waals surface area contributed by atoms with Gasteiger partial charge in [0.05, 0.1) is 5.60 Å². The molecule has 1 aromatic carbocycles. The second-order valence-corrected chi connectivity index (χ2v) is 5.82. The van der Waals surface area contributed by atoms with Gasteiger partial charge < -0.3 is 21.1 Å². The first kappa shape index (κ1) is 14.8. The molecule has 110 valence electrons. The van der Waals surface area contributed by atoms with Gasteiger partial charge in [0, 0.05) is 24.8 Å². The molecule has 0 radical (unpaired) electrons. The molecule has 1 aliphatic rings. The van der Waals surface area contributed by atoms with E-state index in [0.717, 1.165) is 11.3 Å². The van der Waals surface area contributed by atoms with Gasteiger partial charge in [0.25, 0.3) is 0 Å². The molecule has 0 saturated carbocycles. The van der Waals surface area contributed by atoms with Crippen LogP contribution in [0.3, 0.4) is 0 Å². The van der Waals surface area contributed by atoms with Gasteiger partial charge >= 0.3 is 6.03 Å². The molecule has 20 heavy (non-hydrogen) atoms. The molecular weight excluding hydrogens is 254 g/mol. The van der Waals surface area contributed by atoms with E-state index in [2.05, 4.69) is 5.32 Å². The number of amides is 2. The monoisotopic (exact) mass is 277 g/mol. The number of urea groups is 1. The number of hydrogen-bond donors (Lipinski definition) is 3. The van der Waals surface area contributed by atoms with Crippen molar-refractivity contribution in [3.8, 4) is 0 Å². The molecule has 1 heterocycles. The maximum absolute atomic E-state index is 12.1. The highest BCUT2D eigenvalue weighted by molar-refractivity contribution is 5.89. The lowest BCUT2D eigenvalue weighted by Crippen LogP contribution is -2.46. The van der Waals surface area contributed by atoms with E-state index in [-0.39, 0.29) is 12.1 Å². The number of nitrogens with zero attached hydrogens (tertiary/aromatic N) is 1. The van der Waals surface area contributed by atoms with Crippen LogP contribution in [-0.2, 0) is 0 Å². The fourth-order valence-electron chi connectivity index (χ4n) is 2.26. The predicted octanol–water partition coefficient (Wildman–Crippen LogP) is 2.08. The SMILES string of the molecule is CC(N)c1ccc(NC(=O)N2CCC(C)(O)CC2)cc1. The van der Waals surface area contributed by atoms with Crippen molar-refractivity contribution >= 4 is 11.7 Å². The van der Waals surface area contributed by atoms with Crippen molar-refractivity contribution in [3.63, 3.8) is 0 Å². The number of carbonyl (C=O) groups is 1. The molecule has 1 unspecified atom stereocenters. The summed E-state index contributed by atoms with van der Waals surface area (Å²) in [5, 5.41) is 12.7. The Balaban J connectivity index is 1.91. The van der Waals surface area contributed by atoms with E-state index in [1.54, 1.807) is 4.90 Å². The van der Waals surface area contributed by atoms with Crippen LogP contribution in [0.1, 0.15) is 38.3 Å². The molecule has 0 aromatic heterocycles. The Morgan fingerprint density at radius 2 is 1.90 bits per heavy atom. The number of nitrogens with one attached hydrogen (secondary N) is 1. The van der Waals surface area contributed by atoms with Crippen LogP contribution in [0, 0.1) is 0 Å². The summed E-state index contributed by atoms with van der Waals surface area (Å²) >= 11 is 0. The number of aliphatic hydroxyl groups is 1. The van der Waals surface area contributed by atoms with Crippen molar-refractivity contribution in [1.29, 1.82) is 0 Å². The first-order valence-corrected chi connectivity index (χ1v) is 7.01. The Morgan fingerprint density at radius 1 is 1.35 bits per heavy atom. The zero-order valence-corrected chi connectivity index (χ0v) is 12.1. The van der Waals surface area contributed by atoms with Crippen molar-refractivity contribution in [3.05, 3.63) is 29.8 Å². The van der Waals surface area contributed by atoms with E-state index in [4.69, 9.17) is 5.73 Å². The van der Waals surface area contributed by atoms with Crippen LogP contribution < -0.4 is 11.1 Å². The number of anilines is 1. The summed E-state index contributed by atoms with van der Waals surface area (Å²) in [4.78, 5) is 13.8. The summed E-state index contributed by atoms with van der Waals surface area (Å²) in [5.41, 5.74) is 6.94. The van der Waals surface area contributed by atoms with Gasteiger partial charge in [-0.2, -0.15) is 0 Å². The molecule has 1 aliphatic heterocycles. The van der Waals surface area contributed by atoms with Crippen molar-refractivity contribution in [2.45, 2.75) is 38.3 Å². The molecule has 2 rings (SSSR count). The minimum absolute atomic E-state index is 0.0101. The Hall–Kier alpha value is -1.59. The zero-order valence-electron chi connectivity index (χ0n) is 12.1. The van der Waals surface area contributed by atoms with Gasteiger partial charge in [0.15, 0.2) is 0 Å². The van der Waals surface area contributed by atoms with Gasteiger partial charge in [-0.3, -0.25) is 0 Å². The molecular formula is C15H23N3O2. The summed E-state index contributed by atoms with van der Waals surface area (Å²) in [6, 6.07) is 7.42. The third-order valence-electron chi connectivity index (χ3n) is 3.82. The first-order chi connectivity index (χ1) is 9.37. The minimum atomic E-state index is -0.643. The molecule has 1 aromatic rings. The summed E-state index contributed by atoms with van der Waals surface area (Å²) in [6.45, 7) is 4.90. The van der Waals surface area contributed by atoms with Crippen molar-refractivity contribution < 1.29 is 9.90 Å². The van der Waals surface area contributed by atoms with Gasteiger partial charge in [-0.15, -0.1) is 0 Å². The topological polar surface area (TPSA) is 78.6 Å². The van der Waals surface area contributed by atoms with Crippen molar-refractivity contribution in [1.82, 2.24) is 4.90 Å². The number of likely N-dealkylation sites (tertiary alicyclic amines) is 1. The Kier molecular flexibility index (Phi) is 4.30. The molecule has 0 spiro atoms. The van der Waals surface area contributed by atoms with Crippen molar-refractivity contribution in [2.24, 2.45) is 5.73 Å². The van der Waals surface area contributed by atoms with E-state index in [0.29, 0.717) is 25.9 Å². The number of piperidine rings is 1. The molecule has 0 bridgehead atoms. The van der Waals surface area contributed by atoms with E-state index in [1.165, 1.54) is 0 Å². The largest absolute Gasteiger partial charge is 0.390 e. The number of rotatable bonds is 2. The molecule has 1 fully saturated rings. The number of nitrogens with two attached hydrogens (primary N) is 1. The number of carbonyl (C=O) groups excluding carboxylic acids is 1. The highest BCUT2D eigenvalue weighted by Crippen LogP contribution is 2.22. The lowest BCUT2D eigenvalue weighted by Gasteiger charge is -2.35. The van der Waals surface area contributed by atoms with Crippen LogP contribution in [0.4, 0.5) is 10.5 Å². The average molecular weight is 277 g/mol. The first-order valence-electron chi connectivity index (χ1n) is 7.01. The summed E-state index contributed by atoms with van der Waals surface area (Å²) in [5.74, 6) is 0. The molecule has 2 amide bonds. The van der Waals surface area contributed by atoms with Crippen LogP contribution >= 0.6 is 0 Å². The number of hydrogen-bond acceptors (Lipinski definition) is 3. The lowest BCUT2D eigenvalue weighted by molar-refractivity contribution is 0.00570. The van der Waals surface area contributed by atoms with E-state index < -0.39 is 5.60 Å². The van der Waals surface area contributed by atoms with E-state index >= 15 is 0 Å². The fourth-order valence-corrected chi connectivity index (χ4v) is 2.26. The smallest absolute Gasteiger partial charge is 0.321 e. The summed E-state index contributed by atoms with van der Waals surface area (Å²) in [6.07, 6.45) is 1.23.